The average molecular weight is 525 g/mol. The van der Waals surface area contributed by atoms with E-state index in [-0.39, 0.29) is 17.6 Å². The summed E-state index contributed by atoms with van der Waals surface area (Å²) >= 11 is 0. The Kier molecular flexibility index (Phi) is 8.81. The molecule has 2 aromatic carbocycles. The van der Waals surface area contributed by atoms with Crippen molar-refractivity contribution < 1.29 is 23.8 Å². The molecule has 1 fully saturated rings. The Morgan fingerprint density at radius 3 is 2.58 bits per heavy atom. The number of amides is 2. The number of aromatic amines is 1. The maximum atomic E-state index is 13.9. The Morgan fingerprint density at radius 2 is 1.92 bits per heavy atom. The Bertz CT molecular complexity index is 1260. The van der Waals surface area contributed by atoms with Crippen molar-refractivity contribution in [3.8, 4) is 11.3 Å². The zero-order valence-electron chi connectivity index (χ0n) is 22.3. The SMILES string of the molecule is CC[C@H](NC)C(=O)N[C@H](C(=O)N1CCC(O)[C@@H]1Cc1c(-c2ccc(F)cc2)[nH]c2ccccc12)C(C)OC. The molecule has 0 saturated carbocycles. The van der Waals surface area contributed by atoms with Crippen LogP contribution in [0.15, 0.2) is 48.5 Å². The summed E-state index contributed by atoms with van der Waals surface area (Å²) in [6.07, 6.45) is 0.0915. The van der Waals surface area contributed by atoms with Crippen molar-refractivity contribution in [2.75, 3.05) is 20.7 Å². The fourth-order valence-corrected chi connectivity index (χ4v) is 5.31. The number of likely N-dealkylation sites (N-methyl/N-ethyl adjacent to an activating group) is 1. The van der Waals surface area contributed by atoms with Gasteiger partial charge in [-0.05, 0) is 74.7 Å². The molecule has 0 spiro atoms. The molecule has 4 rings (SSSR count). The molecule has 3 aromatic rings. The number of H-pyrrole nitrogens is 1. The summed E-state index contributed by atoms with van der Waals surface area (Å²) in [6, 6.07) is 12.3. The lowest BCUT2D eigenvalue weighted by atomic mass is 9.96. The number of aliphatic hydroxyl groups is 1. The van der Waals surface area contributed by atoms with E-state index in [1.807, 2.05) is 31.2 Å². The molecule has 1 saturated heterocycles. The second-order valence-electron chi connectivity index (χ2n) is 9.87. The molecule has 8 nitrogen and oxygen atoms in total. The molecule has 0 bridgehead atoms. The second-order valence-corrected chi connectivity index (χ2v) is 9.87. The fourth-order valence-electron chi connectivity index (χ4n) is 5.31. The number of nitrogens with zero attached hydrogens (tertiary/aromatic N) is 1. The van der Waals surface area contributed by atoms with Gasteiger partial charge in [0.2, 0.25) is 11.8 Å². The molecule has 1 aliphatic heterocycles. The smallest absolute Gasteiger partial charge is 0.248 e. The minimum absolute atomic E-state index is 0.274. The zero-order valence-corrected chi connectivity index (χ0v) is 22.3. The van der Waals surface area contributed by atoms with Gasteiger partial charge in [-0.3, -0.25) is 9.59 Å². The summed E-state index contributed by atoms with van der Waals surface area (Å²) in [6.45, 7) is 4.01. The number of methoxy groups -OCH3 is 1. The molecule has 2 heterocycles. The van der Waals surface area contributed by atoms with Gasteiger partial charge >= 0.3 is 0 Å². The Morgan fingerprint density at radius 1 is 1.21 bits per heavy atom. The third-order valence-electron chi connectivity index (χ3n) is 7.63. The van der Waals surface area contributed by atoms with Gasteiger partial charge in [-0.15, -0.1) is 0 Å². The number of para-hydroxylation sites is 1. The number of carbonyl (C=O) groups is 2. The van der Waals surface area contributed by atoms with Crippen LogP contribution in [-0.2, 0) is 20.7 Å². The van der Waals surface area contributed by atoms with E-state index >= 15 is 0 Å². The van der Waals surface area contributed by atoms with E-state index in [0.29, 0.717) is 25.8 Å². The van der Waals surface area contributed by atoms with Crippen LogP contribution in [0.3, 0.4) is 0 Å². The molecule has 4 N–H and O–H groups in total. The standard InChI is InChI=1S/C29H37FN4O4/c1-5-22(31-3)28(36)33-26(17(2)38-4)29(37)34-15-14-25(35)24(34)16-21-20-8-6-7-9-23(20)32-27(21)18-10-12-19(30)13-11-18/h6-13,17,22,24-26,31-32,35H,5,14-16H2,1-4H3,(H,33,36)/t17?,22-,24-,25?,26-/m0/s1. The molecule has 2 amide bonds. The molecular weight excluding hydrogens is 487 g/mol. The van der Waals surface area contributed by atoms with Crippen molar-refractivity contribution in [1.29, 1.82) is 0 Å². The first-order valence-corrected chi connectivity index (χ1v) is 13.1. The van der Waals surface area contributed by atoms with Gasteiger partial charge in [-0.25, -0.2) is 4.39 Å². The minimum Gasteiger partial charge on any atom is -0.391 e. The van der Waals surface area contributed by atoms with Crippen LogP contribution in [0.25, 0.3) is 22.2 Å². The maximum absolute atomic E-state index is 13.9. The highest BCUT2D eigenvalue weighted by molar-refractivity contribution is 5.92. The first-order valence-electron chi connectivity index (χ1n) is 13.1. The van der Waals surface area contributed by atoms with Crippen molar-refractivity contribution in [2.24, 2.45) is 0 Å². The maximum Gasteiger partial charge on any atom is 0.248 e. The third-order valence-corrected chi connectivity index (χ3v) is 7.63. The number of benzene rings is 2. The normalized spacial score (nSPS) is 19.9. The predicted molar refractivity (Wildman–Crippen MR) is 145 cm³/mol. The number of likely N-dealkylation sites (tertiary alicyclic amines) is 1. The van der Waals surface area contributed by atoms with E-state index in [1.54, 1.807) is 31.0 Å². The minimum atomic E-state index is -0.901. The third kappa shape index (κ3) is 5.60. The highest BCUT2D eigenvalue weighted by atomic mass is 19.1. The number of ether oxygens (including phenoxy) is 1. The molecular formula is C29H37FN4O4. The van der Waals surface area contributed by atoms with Crippen LogP contribution in [0.5, 0.6) is 0 Å². The number of rotatable bonds is 10. The summed E-state index contributed by atoms with van der Waals surface area (Å²) in [7, 11) is 3.21. The molecule has 1 aliphatic rings. The van der Waals surface area contributed by atoms with E-state index in [2.05, 4.69) is 15.6 Å². The number of aliphatic hydroxyl groups excluding tert-OH is 1. The highest BCUT2D eigenvalue weighted by Gasteiger charge is 2.41. The Hall–Kier alpha value is -3.27. The number of hydrogen-bond donors (Lipinski definition) is 4. The van der Waals surface area contributed by atoms with Crippen molar-refractivity contribution >= 4 is 22.7 Å². The number of hydrogen-bond acceptors (Lipinski definition) is 5. The van der Waals surface area contributed by atoms with Crippen LogP contribution in [-0.4, -0.2) is 77.8 Å². The summed E-state index contributed by atoms with van der Waals surface area (Å²) in [4.78, 5) is 31.8. The fraction of sp³-hybridized carbons (Fsp3) is 0.448. The van der Waals surface area contributed by atoms with Gasteiger partial charge in [-0.2, -0.15) is 0 Å². The summed E-state index contributed by atoms with van der Waals surface area (Å²) < 4.78 is 19.1. The second kappa shape index (κ2) is 12.1. The number of aromatic nitrogens is 1. The van der Waals surface area contributed by atoms with Crippen LogP contribution in [0.4, 0.5) is 4.39 Å². The number of nitrogens with one attached hydrogen (secondary N) is 3. The topological polar surface area (TPSA) is 107 Å². The van der Waals surface area contributed by atoms with Gasteiger partial charge in [0.1, 0.15) is 11.9 Å². The van der Waals surface area contributed by atoms with Crippen molar-refractivity contribution in [1.82, 2.24) is 20.5 Å². The van der Waals surface area contributed by atoms with Gasteiger partial charge in [0.05, 0.1) is 24.3 Å². The zero-order chi connectivity index (χ0) is 27.4. The van der Waals surface area contributed by atoms with Crippen molar-refractivity contribution in [3.05, 3.63) is 59.9 Å². The summed E-state index contributed by atoms with van der Waals surface area (Å²) in [5.74, 6) is -0.884. The molecule has 2 unspecified atom stereocenters. The van der Waals surface area contributed by atoms with E-state index in [1.165, 1.54) is 19.2 Å². The van der Waals surface area contributed by atoms with Crippen LogP contribution >= 0.6 is 0 Å². The van der Waals surface area contributed by atoms with Gasteiger partial charge in [0.25, 0.3) is 0 Å². The lowest BCUT2D eigenvalue weighted by Gasteiger charge is -2.33. The van der Waals surface area contributed by atoms with Crippen LogP contribution in [0.1, 0.15) is 32.3 Å². The van der Waals surface area contributed by atoms with Gasteiger partial charge < -0.3 is 30.4 Å². The van der Waals surface area contributed by atoms with E-state index in [9.17, 15) is 19.1 Å². The highest BCUT2D eigenvalue weighted by Crippen LogP contribution is 2.34. The average Bonchev–Trinajstić information content (AvgIpc) is 3.48. The predicted octanol–water partition coefficient (Wildman–Crippen LogP) is 3.00. The van der Waals surface area contributed by atoms with E-state index < -0.39 is 30.3 Å². The lowest BCUT2D eigenvalue weighted by molar-refractivity contribution is -0.141. The molecule has 9 heteroatoms. The molecule has 5 atom stereocenters. The molecule has 38 heavy (non-hydrogen) atoms. The Balaban J connectivity index is 1.67. The molecule has 1 aromatic heterocycles. The van der Waals surface area contributed by atoms with E-state index in [4.69, 9.17) is 4.74 Å². The monoisotopic (exact) mass is 524 g/mol. The Labute approximate surface area is 222 Å². The van der Waals surface area contributed by atoms with Crippen LogP contribution in [0, 0.1) is 5.82 Å². The van der Waals surface area contributed by atoms with E-state index in [0.717, 1.165) is 27.7 Å². The summed E-state index contributed by atoms with van der Waals surface area (Å²) in [5, 5.41) is 17.8. The number of carbonyl (C=O) groups excluding carboxylic acids is 2. The van der Waals surface area contributed by atoms with Crippen LogP contribution < -0.4 is 10.6 Å². The largest absolute Gasteiger partial charge is 0.391 e. The quantitative estimate of drug-likeness (QED) is 0.326. The van der Waals surface area contributed by atoms with Gasteiger partial charge in [-0.1, -0.05) is 25.1 Å². The molecule has 204 valence electrons. The first-order chi connectivity index (χ1) is 18.3. The molecule has 0 aliphatic carbocycles. The van der Waals surface area contributed by atoms with Crippen molar-refractivity contribution in [3.63, 3.8) is 0 Å². The molecule has 0 radical (unpaired) electrons. The van der Waals surface area contributed by atoms with Crippen LogP contribution in [0.2, 0.25) is 0 Å². The van der Waals surface area contributed by atoms with Gasteiger partial charge in [0.15, 0.2) is 0 Å². The van der Waals surface area contributed by atoms with Crippen molar-refractivity contribution in [2.45, 2.75) is 63.4 Å². The summed E-state index contributed by atoms with van der Waals surface area (Å²) in [5.41, 5.74) is 3.51. The first kappa shape index (κ1) is 27.8. The number of halogens is 1. The van der Waals surface area contributed by atoms with Gasteiger partial charge in [0, 0.05) is 30.3 Å². The lowest BCUT2D eigenvalue weighted by Crippen LogP contribution is -2.58. The number of fused-ring (bicyclic) bond motifs is 1.